The van der Waals surface area contributed by atoms with Crippen LogP contribution in [0.5, 0.6) is 11.5 Å². The van der Waals surface area contributed by atoms with E-state index in [2.05, 4.69) is 11.9 Å². The minimum absolute atomic E-state index is 0.0217. The zero-order chi connectivity index (χ0) is 26.1. The number of anilines is 1. The maximum atomic E-state index is 14.1. The lowest BCUT2D eigenvalue weighted by Gasteiger charge is -2.17. The summed E-state index contributed by atoms with van der Waals surface area (Å²) in [6, 6.07) is 17.6. The molecule has 0 fully saturated rings. The number of carbonyl (C=O) groups is 1. The Labute approximate surface area is 211 Å². The molecule has 0 atom stereocenters. The second kappa shape index (κ2) is 12.4. The monoisotopic (exact) mass is 484 g/mol. The number of allylic oxidation sites excluding steroid dienone is 1. The van der Waals surface area contributed by atoms with E-state index in [4.69, 9.17) is 9.47 Å². The molecule has 3 rings (SSSR count). The van der Waals surface area contributed by atoms with E-state index in [1.54, 1.807) is 30.3 Å². The molecule has 36 heavy (non-hydrogen) atoms. The molecule has 3 aromatic rings. The van der Waals surface area contributed by atoms with Gasteiger partial charge in [-0.2, -0.15) is 5.26 Å². The van der Waals surface area contributed by atoms with Crippen LogP contribution in [-0.4, -0.2) is 12.5 Å². The molecule has 1 N–H and O–H groups in total. The smallest absolute Gasteiger partial charge is 0.266 e. The van der Waals surface area contributed by atoms with E-state index in [9.17, 15) is 14.4 Å². The van der Waals surface area contributed by atoms with Gasteiger partial charge in [-0.3, -0.25) is 4.79 Å². The first-order chi connectivity index (χ1) is 17.4. The van der Waals surface area contributed by atoms with E-state index in [0.717, 1.165) is 16.7 Å². The van der Waals surface area contributed by atoms with E-state index in [0.29, 0.717) is 41.3 Å². The van der Waals surface area contributed by atoms with Crippen LogP contribution in [-0.2, 0) is 17.8 Å². The van der Waals surface area contributed by atoms with Gasteiger partial charge in [-0.05, 0) is 68.7 Å². The number of halogens is 1. The van der Waals surface area contributed by atoms with Gasteiger partial charge in [0.1, 0.15) is 24.1 Å². The van der Waals surface area contributed by atoms with Crippen LogP contribution in [0, 0.1) is 31.0 Å². The van der Waals surface area contributed by atoms with Crippen LogP contribution < -0.4 is 14.8 Å². The lowest BCUT2D eigenvalue weighted by Crippen LogP contribution is -2.14. The van der Waals surface area contributed by atoms with Crippen molar-refractivity contribution >= 4 is 17.7 Å². The summed E-state index contributed by atoms with van der Waals surface area (Å²) in [7, 11) is 0. The number of nitrogens with one attached hydrogen (secondary N) is 1. The number of aryl methyl sites for hydroxylation is 2. The summed E-state index contributed by atoms with van der Waals surface area (Å²) in [6.07, 6.45) is 3.67. The molecule has 0 heterocycles. The quantitative estimate of drug-likeness (QED) is 0.198. The standard InChI is InChI=1S/C30H29FN2O3/c1-5-9-23-15-22(16-25(18-32)30(34)33-27-13-12-20(3)14-21(27)4)17-28(35-6-2)29(23)36-19-24-10-7-8-11-26(24)31/h5,7-8,10-17H,1,6,9,19H2,2-4H3,(H,33,34)/b25-16+. The van der Waals surface area contributed by atoms with Crippen LogP contribution >= 0.6 is 0 Å². The van der Waals surface area contributed by atoms with Crippen molar-refractivity contribution in [2.24, 2.45) is 0 Å². The van der Waals surface area contributed by atoms with Crippen molar-refractivity contribution in [1.82, 2.24) is 0 Å². The second-order valence-corrected chi connectivity index (χ2v) is 8.26. The fourth-order valence-corrected chi connectivity index (χ4v) is 3.72. The zero-order valence-electron chi connectivity index (χ0n) is 20.7. The predicted octanol–water partition coefficient (Wildman–Crippen LogP) is 6.69. The number of hydrogen-bond donors (Lipinski definition) is 1. The molecule has 0 saturated carbocycles. The number of amides is 1. The average Bonchev–Trinajstić information content (AvgIpc) is 2.85. The number of rotatable bonds is 10. The number of carbonyl (C=O) groups excluding carboxylic acids is 1. The number of benzene rings is 3. The highest BCUT2D eigenvalue weighted by Crippen LogP contribution is 2.35. The van der Waals surface area contributed by atoms with Gasteiger partial charge >= 0.3 is 0 Å². The largest absolute Gasteiger partial charge is 0.490 e. The lowest BCUT2D eigenvalue weighted by atomic mass is 10.0. The highest BCUT2D eigenvalue weighted by Gasteiger charge is 2.16. The highest BCUT2D eigenvalue weighted by atomic mass is 19.1. The van der Waals surface area contributed by atoms with Crippen molar-refractivity contribution in [2.45, 2.75) is 33.8 Å². The second-order valence-electron chi connectivity index (χ2n) is 8.26. The number of ether oxygens (including phenoxy) is 2. The molecule has 0 aliphatic rings. The first-order valence-electron chi connectivity index (χ1n) is 11.6. The molecule has 184 valence electrons. The summed E-state index contributed by atoms with van der Waals surface area (Å²) < 4.78 is 25.9. The van der Waals surface area contributed by atoms with Gasteiger partial charge < -0.3 is 14.8 Å². The summed E-state index contributed by atoms with van der Waals surface area (Å²) in [5, 5.41) is 12.5. The van der Waals surface area contributed by atoms with Crippen molar-refractivity contribution in [3.63, 3.8) is 0 Å². The minimum atomic E-state index is -0.507. The summed E-state index contributed by atoms with van der Waals surface area (Å²) in [5.74, 6) is 0.0447. The Balaban J connectivity index is 1.95. The fraction of sp³-hybridized carbons (Fsp3) is 0.200. The molecule has 0 aliphatic carbocycles. The molecule has 0 aliphatic heterocycles. The maximum absolute atomic E-state index is 14.1. The topological polar surface area (TPSA) is 71.4 Å². The van der Waals surface area contributed by atoms with E-state index in [1.807, 2.05) is 51.1 Å². The van der Waals surface area contributed by atoms with E-state index in [1.165, 1.54) is 12.1 Å². The van der Waals surface area contributed by atoms with Crippen LogP contribution in [0.25, 0.3) is 6.08 Å². The molecule has 6 heteroatoms. The number of nitrogens with zero attached hydrogens (tertiary/aromatic N) is 1. The Morgan fingerprint density at radius 3 is 2.56 bits per heavy atom. The van der Waals surface area contributed by atoms with Gasteiger partial charge in [0, 0.05) is 16.8 Å². The van der Waals surface area contributed by atoms with Crippen LogP contribution in [0.4, 0.5) is 10.1 Å². The first kappa shape index (κ1) is 26.2. The molecule has 3 aromatic carbocycles. The Morgan fingerprint density at radius 2 is 1.89 bits per heavy atom. The summed E-state index contributed by atoms with van der Waals surface area (Å²) in [4.78, 5) is 12.9. The third kappa shape index (κ3) is 6.61. The van der Waals surface area contributed by atoms with Crippen LogP contribution in [0.1, 0.15) is 34.7 Å². The molecule has 0 bridgehead atoms. The van der Waals surface area contributed by atoms with Gasteiger partial charge in [-0.15, -0.1) is 6.58 Å². The van der Waals surface area contributed by atoms with E-state index >= 15 is 0 Å². The van der Waals surface area contributed by atoms with Crippen LogP contribution in [0.15, 0.2) is 72.8 Å². The Hall–Kier alpha value is -4.37. The average molecular weight is 485 g/mol. The molecular weight excluding hydrogens is 455 g/mol. The van der Waals surface area contributed by atoms with Gasteiger partial charge in [0.25, 0.3) is 5.91 Å². The van der Waals surface area contributed by atoms with Gasteiger partial charge in [0.2, 0.25) is 0 Å². The predicted molar refractivity (Wildman–Crippen MR) is 140 cm³/mol. The Morgan fingerprint density at radius 1 is 1.11 bits per heavy atom. The van der Waals surface area contributed by atoms with Crippen molar-refractivity contribution in [2.75, 3.05) is 11.9 Å². The summed E-state index contributed by atoms with van der Waals surface area (Å²) >= 11 is 0. The normalized spacial score (nSPS) is 10.9. The Bertz CT molecular complexity index is 1340. The number of hydrogen-bond acceptors (Lipinski definition) is 4. The number of nitriles is 1. The van der Waals surface area contributed by atoms with Crippen molar-refractivity contribution in [3.8, 4) is 17.6 Å². The molecule has 1 amide bonds. The van der Waals surface area contributed by atoms with Gasteiger partial charge in [0.15, 0.2) is 11.5 Å². The maximum Gasteiger partial charge on any atom is 0.266 e. The molecule has 5 nitrogen and oxygen atoms in total. The van der Waals surface area contributed by atoms with Crippen molar-refractivity contribution in [3.05, 3.63) is 106 Å². The van der Waals surface area contributed by atoms with E-state index < -0.39 is 5.91 Å². The summed E-state index contributed by atoms with van der Waals surface area (Å²) in [5.41, 5.74) is 4.34. The molecule has 0 unspecified atom stereocenters. The minimum Gasteiger partial charge on any atom is -0.490 e. The fourth-order valence-electron chi connectivity index (χ4n) is 3.72. The third-order valence-corrected chi connectivity index (χ3v) is 5.45. The van der Waals surface area contributed by atoms with Crippen molar-refractivity contribution < 1.29 is 18.7 Å². The van der Waals surface area contributed by atoms with Crippen LogP contribution in [0.3, 0.4) is 0 Å². The Kier molecular flexibility index (Phi) is 9.01. The van der Waals surface area contributed by atoms with Crippen molar-refractivity contribution in [1.29, 1.82) is 5.26 Å². The van der Waals surface area contributed by atoms with Gasteiger partial charge in [-0.1, -0.05) is 42.0 Å². The third-order valence-electron chi connectivity index (χ3n) is 5.45. The first-order valence-corrected chi connectivity index (χ1v) is 11.6. The molecule has 0 radical (unpaired) electrons. The molecule has 0 spiro atoms. The zero-order valence-corrected chi connectivity index (χ0v) is 20.7. The highest BCUT2D eigenvalue weighted by molar-refractivity contribution is 6.10. The van der Waals surface area contributed by atoms with Gasteiger partial charge in [0.05, 0.1) is 6.61 Å². The van der Waals surface area contributed by atoms with E-state index in [-0.39, 0.29) is 18.0 Å². The van der Waals surface area contributed by atoms with Gasteiger partial charge in [-0.25, -0.2) is 4.39 Å². The molecule has 0 saturated heterocycles. The molecule has 0 aromatic heterocycles. The SMILES string of the molecule is C=CCc1cc(/C=C(\C#N)C(=O)Nc2ccc(C)cc2C)cc(OCC)c1OCc1ccccc1F. The van der Waals surface area contributed by atoms with Crippen LogP contribution in [0.2, 0.25) is 0 Å². The molecular formula is C30H29FN2O3. The summed E-state index contributed by atoms with van der Waals surface area (Å²) in [6.45, 7) is 9.92. The lowest BCUT2D eigenvalue weighted by molar-refractivity contribution is -0.112.